The second kappa shape index (κ2) is 11.2. The molecule has 41 heavy (non-hydrogen) atoms. The maximum Gasteiger partial charge on any atom is 0.309 e. The number of rotatable bonds is 10. The van der Waals surface area contributed by atoms with Gasteiger partial charge < -0.3 is 19.4 Å². The molecule has 0 spiro atoms. The highest BCUT2D eigenvalue weighted by Crippen LogP contribution is 2.47. The zero-order valence-corrected chi connectivity index (χ0v) is 24.5. The molecule has 1 unspecified atom stereocenters. The zero-order chi connectivity index (χ0) is 29.3. The molecule has 0 aliphatic carbocycles. The lowest BCUT2D eigenvalue weighted by molar-refractivity contribution is -0.107. The molecule has 4 aromatic rings. The number of ether oxygens (including phenoxy) is 1. The standard InChI is InChI=1S/C35H38BNO4/c1-33(2,39)34(3,4)41-36-27-20-21-31-29(22-27)35(5,23-40-31)28-18-12-13-19-30(28)37(24-38)32(25-14-8-6-9-15-25)26-16-10-7-11-17-26/h6-22,24,32,36,39H,23H2,1-5H3. The fraction of sp³-hybridized carbons (Fsp3) is 0.286. The largest absolute Gasteiger partial charge is 0.492 e. The number of fused-ring (bicyclic) bond motifs is 1. The van der Waals surface area contributed by atoms with Crippen molar-refractivity contribution in [3.8, 4) is 5.75 Å². The minimum absolute atomic E-state index is 0.301. The summed E-state index contributed by atoms with van der Waals surface area (Å²) in [4.78, 5) is 14.8. The van der Waals surface area contributed by atoms with Gasteiger partial charge in [-0.15, -0.1) is 0 Å². The third-order valence-electron chi connectivity index (χ3n) is 8.63. The van der Waals surface area contributed by atoms with Crippen LogP contribution in [0.2, 0.25) is 0 Å². The highest BCUT2D eigenvalue weighted by Gasteiger charge is 2.42. The van der Waals surface area contributed by atoms with E-state index in [1.54, 1.807) is 13.8 Å². The smallest absolute Gasteiger partial charge is 0.309 e. The summed E-state index contributed by atoms with van der Waals surface area (Å²) in [6.07, 6.45) is 0.937. The van der Waals surface area contributed by atoms with Crippen molar-refractivity contribution in [2.45, 2.75) is 57.3 Å². The van der Waals surface area contributed by atoms with Gasteiger partial charge in [-0.3, -0.25) is 4.79 Å². The third kappa shape index (κ3) is 5.55. The summed E-state index contributed by atoms with van der Waals surface area (Å²) in [5, 5.41) is 10.5. The number of nitrogens with zero attached hydrogens (tertiary/aromatic N) is 1. The Labute approximate surface area is 244 Å². The van der Waals surface area contributed by atoms with Crippen LogP contribution in [0.3, 0.4) is 0 Å². The van der Waals surface area contributed by atoms with E-state index in [-0.39, 0.29) is 6.04 Å². The van der Waals surface area contributed by atoms with Crippen LogP contribution in [0.1, 0.15) is 62.9 Å². The Morgan fingerprint density at radius 2 is 1.46 bits per heavy atom. The molecular formula is C35H38BNO4. The summed E-state index contributed by atoms with van der Waals surface area (Å²) in [5.41, 5.74) is 3.72. The first-order valence-electron chi connectivity index (χ1n) is 14.1. The van der Waals surface area contributed by atoms with E-state index in [4.69, 9.17) is 9.39 Å². The number of amides is 1. The molecule has 1 N–H and O–H groups in total. The quantitative estimate of drug-likeness (QED) is 0.205. The van der Waals surface area contributed by atoms with E-state index < -0.39 is 16.6 Å². The number of aliphatic hydroxyl groups is 1. The van der Waals surface area contributed by atoms with E-state index in [2.05, 4.69) is 43.3 Å². The van der Waals surface area contributed by atoms with Crippen LogP contribution in [-0.2, 0) is 14.9 Å². The van der Waals surface area contributed by atoms with Crippen LogP contribution in [-0.4, -0.2) is 36.8 Å². The Kier molecular flexibility index (Phi) is 7.82. The van der Waals surface area contributed by atoms with Crippen LogP contribution in [0.15, 0.2) is 103 Å². The Bertz CT molecular complexity index is 1460. The van der Waals surface area contributed by atoms with Gasteiger partial charge in [0.1, 0.15) is 12.4 Å². The van der Waals surface area contributed by atoms with E-state index in [1.165, 1.54) is 0 Å². The maximum atomic E-state index is 13.0. The lowest BCUT2D eigenvalue weighted by atomic mass is 9.74. The summed E-state index contributed by atoms with van der Waals surface area (Å²) >= 11 is 0. The second-order valence-electron chi connectivity index (χ2n) is 12.1. The molecule has 4 aromatic carbocycles. The molecule has 0 fully saturated rings. The van der Waals surface area contributed by atoms with E-state index in [0.29, 0.717) is 14.1 Å². The number of carbonyl (C=O) groups is 1. The molecule has 6 heteroatoms. The van der Waals surface area contributed by atoms with Crippen molar-refractivity contribution in [1.29, 1.82) is 0 Å². The van der Waals surface area contributed by atoms with E-state index in [9.17, 15) is 9.90 Å². The molecule has 0 saturated heterocycles. The molecule has 1 amide bonds. The Morgan fingerprint density at radius 1 is 0.878 bits per heavy atom. The van der Waals surface area contributed by atoms with Crippen molar-refractivity contribution in [2.24, 2.45) is 0 Å². The number of hydrogen-bond donors (Lipinski definition) is 1. The molecule has 1 heterocycles. The zero-order valence-electron chi connectivity index (χ0n) is 24.5. The topological polar surface area (TPSA) is 59.0 Å². The highest BCUT2D eigenvalue weighted by atomic mass is 16.5. The van der Waals surface area contributed by atoms with E-state index >= 15 is 0 Å². The fourth-order valence-corrected chi connectivity index (χ4v) is 5.39. The van der Waals surface area contributed by atoms with Gasteiger partial charge in [-0.1, -0.05) is 96.5 Å². The molecule has 0 bridgehead atoms. The van der Waals surface area contributed by atoms with Crippen LogP contribution >= 0.6 is 0 Å². The van der Waals surface area contributed by atoms with Crippen LogP contribution in [0, 0.1) is 0 Å². The molecule has 1 atom stereocenters. The predicted octanol–water partition coefficient (Wildman–Crippen LogP) is 5.68. The first-order valence-corrected chi connectivity index (χ1v) is 14.1. The van der Waals surface area contributed by atoms with Gasteiger partial charge in [0.2, 0.25) is 6.41 Å². The first-order chi connectivity index (χ1) is 19.5. The molecule has 210 valence electrons. The van der Waals surface area contributed by atoms with Crippen molar-refractivity contribution in [3.63, 3.8) is 0 Å². The molecule has 0 saturated carbocycles. The third-order valence-corrected chi connectivity index (χ3v) is 8.63. The van der Waals surface area contributed by atoms with Crippen LogP contribution in [0.4, 0.5) is 5.69 Å². The molecule has 5 rings (SSSR count). The summed E-state index contributed by atoms with van der Waals surface area (Å²) < 4.78 is 12.4. The van der Waals surface area contributed by atoms with Crippen molar-refractivity contribution >= 4 is 25.0 Å². The van der Waals surface area contributed by atoms with Gasteiger partial charge in [-0.25, -0.2) is 0 Å². The Balaban J connectivity index is 1.56. The average molecular weight is 548 g/mol. The number of carbonyl (C=O) groups excluding carboxylic acids is 1. The Hall–Kier alpha value is -3.87. The van der Waals surface area contributed by atoms with Crippen molar-refractivity contribution in [3.05, 3.63) is 125 Å². The second-order valence-corrected chi connectivity index (χ2v) is 12.1. The van der Waals surface area contributed by atoms with Crippen molar-refractivity contribution in [2.75, 3.05) is 11.5 Å². The molecule has 0 aromatic heterocycles. The molecular weight excluding hydrogens is 509 g/mol. The van der Waals surface area contributed by atoms with Crippen LogP contribution < -0.4 is 15.1 Å². The number of anilines is 1. The minimum Gasteiger partial charge on any atom is -0.492 e. The number of para-hydroxylation sites is 1. The van der Waals surface area contributed by atoms with Gasteiger partial charge in [-0.05, 0) is 63.4 Å². The Morgan fingerprint density at radius 3 is 2.05 bits per heavy atom. The monoisotopic (exact) mass is 547 g/mol. The average Bonchev–Trinajstić information content (AvgIpc) is 3.32. The van der Waals surface area contributed by atoms with Crippen LogP contribution in [0.5, 0.6) is 5.75 Å². The normalized spacial score (nSPS) is 16.7. The fourth-order valence-electron chi connectivity index (χ4n) is 5.39. The van der Waals surface area contributed by atoms with Gasteiger partial charge in [0.25, 0.3) is 0 Å². The van der Waals surface area contributed by atoms with Gasteiger partial charge >= 0.3 is 7.48 Å². The first kappa shape index (κ1) is 28.7. The molecule has 1 aliphatic heterocycles. The summed E-state index contributed by atoms with van der Waals surface area (Å²) in [6, 6.07) is 34.2. The van der Waals surface area contributed by atoms with Gasteiger partial charge in [-0.2, -0.15) is 0 Å². The molecule has 0 radical (unpaired) electrons. The lowest BCUT2D eigenvalue weighted by Gasteiger charge is -2.37. The predicted molar refractivity (Wildman–Crippen MR) is 166 cm³/mol. The lowest BCUT2D eigenvalue weighted by Crippen LogP contribution is -2.49. The van der Waals surface area contributed by atoms with Crippen molar-refractivity contribution < 1.29 is 19.3 Å². The van der Waals surface area contributed by atoms with Gasteiger partial charge in [0.15, 0.2) is 0 Å². The van der Waals surface area contributed by atoms with E-state index in [0.717, 1.165) is 45.6 Å². The molecule has 1 aliphatic rings. The van der Waals surface area contributed by atoms with Gasteiger partial charge in [0.05, 0.1) is 22.7 Å². The van der Waals surface area contributed by atoms with E-state index in [1.807, 2.05) is 85.5 Å². The highest BCUT2D eigenvalue weighted by molar-refractivity contribution is 6.47. The minimum atomic E-state index is -0.993. The summed E-state index contributed by atoms with van der Waals surface area (Å²) in [7, 11) is 0.354. The summed E-state index contributed by atoms with van der Waals surface area (Å²) in [5.74, 6) is 0.827. The summed E-state index contributed by atoms with van der Waals surface area (Å²) in [6.45, 7) is 9.93. The SMILES string of the molecule is CC1(c2ccccc2N(C=O)C(c2ccccc2)c2ccccc2)COc2ccc(BOC(C)(C)C(C)(C)O)cc21. The van der Waals surface area contributed by atoms with Crippen LogP contribution in [0.25, 0.3) is 0 Å². The maximum absolute atomic E-state index is 13.0. The van der Waals surface area contributed by atoms with Crippen molar-refractivity contribution in [1.82, 2.24) is 0 Å². The van der Waals surface area contributed by atoms with Gasteiger partial charge in [0, 0.05) is 11.3 Å². The number of hydrogen-bond acceptors (Lipinski definition) is 4. The number of benzene rings is 4. The molecule has 5 nitrogen and oxygen atoms in total.